The van der Waals surface area contributed by atoms with Gasteiger partial charge in [0, 0.05) is 6.54 Å². The van der Waals surface area contributed by atoms with Crippen molar-refractivity contribution in [3.63, 3.8) is 0 Å². The Labute approximate surface area is 115 Å². The van der Waals surface area contributed by atoms with Crippen LogP contribution in [-0.4, -0.2) is 17.6 Å². The first kappa shape index (κ1) is 14.0. The summed E-state index contributed by atoms with van der Waals surface area (Å²) in [5, 5.41) is 3.41. The van der Waals surface area contributed by atoms with E-state index in [9.17, 15) is 0 Å². The second-order valence-electron chi connectivity index (χ2n) is 5.64. The Hall–Kier alpha value is -1.45. The fourth-order valence-corrected chi connectivity index (χ4v) is 2.51. The largest absolute Gasteiger partial charge is 0.473 e. The van der Waals surface area contributed by atoms with Crippen LogP contribution in [0.4, 0.5) is 11.5 Å². The average molecular weight is 263 g/mol. The van der Waals surface area contributed by atoms with Crippen molar-refractivity contribution >= 4 is 11.5 Å². The molecule has 1 aliphatic carbocycles. The molecule has 1 aliphatic rings. The molecule has 0 amide bonds. The molecule has 1 aromatic heterocycles. The molecule has 0 atom stereocenters. The summed E-state index contributed by atoms with van der Waals surface area (Å²) in [6, 6.07) is 3.78. The van der Waals surface area contributed by atoms with Gasteiger partial charge in [-0.3, -0.25) is 0 Å². The molecule has 106 valence electrons. The lowest BCUT2D eigenvalue weighted by atomic mass is 9.89. The molecule has 1 aromatic rings. The van der Waals surface area contributed by atoms with E-state index in [0.29, 0.717) is 11.6 Å². The number of nitrogens with one attached hydrogen (secondary N) is 1. The number of rotatable bonds is 5. The maximum atomic E-state index is 5.86. The van der Waals surface area contributed by atoms with Gasteiger partial charge in [0.05, 0.1) is 11.8 Å². The van der Waals surface area contributed by atoms with Crippen LogP contribution < -0.4 is 15.8 Å². The average Bonchev–Trinajstić information content (AvgIpc) is 2.40. The summed E-state index contributed by atoms with van der Waals surface area (Å²) in [4.78, 5) is 4.44. The van der Waals surface area contributed by atoms with E-state index in [1.165, 1.54) is 32.1 Å². The third-order valence-electron chi connectivity index (χ3n) is 3.53. The van der Waals surface area contributed by atoms with Crippen molar-refractivity contribution < 1.29 is 4.74 Å². The number of ether oxygens (including phenoxy) is 1. The number of anilines is 2. The van der Waals surface area contributed by atoms with Gasteiger partial charge in [0.2, 0.25) is 5.88 Å². The van der Waals surface area contributed by atoms with Gasteiger partial charge in [0.15, 0.2) is 0 Å². The number of nitrogens with two attached hydrogens (primary N) is 1. The molecule has 4 heteroatoms. The van der Waals surface area contributed by atoms with Gasteiger partial charge in [0.25, 0.3) is 0 Å². The smallest absolute Gasteiger partial charge is 0.239 e. The van der Waals surface area contributed by atoms with Gasteiger partial charge < -0.3 is 15.8 Å². The van der Waals surface area contributed by atoms with Gasteiger partial charge in [-0.25, -0.2) is 0 Å². The Kier molecular flexibility index (Phi) is 4.88. The Balaban J connectivity index is 1.92. The molecule has 0 aromatic carbocycles. The van der Waals surface area contributed by atoms with Crippen molar-refractivity contribution in [1.82, 2.24) is 4.98 Å². The van der Waals surface area contributed by atoms with Crippen molar-refractivity contribution in [2.75, 3.05) is 17.6 Å². The summed E-state index contributed by atoms with van der Waals surface area (Å²) in [6.07, 6.45) is 6.87. The number of aromatic nitrogens is 1. The number of nitrogen functional groups attached to an aromatic ring is 1. The van der Waals surface area contributed by atoms with Crippen LogP contribution in [0.5, 0.6) is 5.88 Å². The molecule has 0 bridgehead atoms. The molecule has 2 rings (SSSR count). The molecule has 1 fully saturated rings. The van der Waals surface area contributed by atoms with E-state index in [1.54, 1.807) is 0 Å². The lowest BCUT2D eigenvalue weighted by molar-refractivity contribution is 0.234. The van der Waals surface area contributed by atoms with E-state index >= 15 is 0 Å². The topological polar surface area (TPSA) is 60.2 Å². The fraction of sp³-hybridized carbons (Fsp3) is 0.667. The minimum Gasteiger partial charge on any atom is -0.473 e. The van der Waals surface area contributed by atoms with E-state index in [4.69, 9.17) is 10.5 Å². The third-order valence-corrected chi connectivity index (χ3v) is 3.53. The zero-order valence-electron chi connectivity index (χ0n) is 12.0. The Morgan fingerprint density at radius 3 is 2.74 bits per heavy atom. The number of pyridine rings is 1. The summed E-state index contributed by atoms with van der Waals surface area (Å²) >= 11 is 0. The first-order valence-electron chi connectivity index (χ1n) is 7.32. The van der Waals surface area contributed by atoms with Crippen LogP contribution in [0.1, 0.15) is 46.0 Å². The maximum Gasteiger partial charge on any atom is 0.239 e. The first-order valence-corrected chi connectivity index (χ1v) is 7.32. The molecule has 1 saturated carbocycles. The minimum atomic E-state index is 0.0865. The molecule has 4 nitrogen and oxygen atoms in total. The summed E-state index contributed by atoms with van der Waals surface area (Å²) < 4.78 is 5.60. The molecule has 19 heavy (non-hydrogen) atoms. The van der Waals surface area contributed by atoms with Crippen LogP contribution in [0.15, 0.2) is 12.1 Å². The van der Waals surface area contributed by atoms with Gasteiger partial charge in [-0.15, -0.1) is 0 Å². The summed E-state index contributed by atoms with van der Waals surface area (Å²) in [7, 11) is 0. The zero-order valence-corrected chi connectivity index (χ0v) is 12.0. The van der Waals surface area contributed by atoms with Crippen molar-refractivity contribution in [3.8, 4) is 5.88 Å². The monoisotopic (exact) mass is 263 g/mol. The number of nitrogens with zero attached hydrogens (tertiary/aromatic N) is 1. The van der Waals surface area contributed by atoms with E-state index in [2.05, 4.69) is 10.3 Å². The molecule has 3 N–H and O–H groups in total. The standard InChI is InChI=1S/C15H25N3O/c1-11(2)19-15-13(16)8-9-14(18-15)17-10-12-6-4-3-5-7-12/h8-9,11-12H,3-7,10,16H2,1-2H3,(H,17,18). The lowest BCUT2D eigenvalue weighted by Gasteiger charge is -2.22. The van der Waals surface area contributed by atoms with Gasteiger partial charge >= 0.3 is 0 Å². The maximum absolute atomic E-state index is 5.86. The highest BCUT2D eigenvalue weighted by molar-refractivity contribution is 5.53. The molecule has 1 heterocycles. The lowest BCUT2D eigenvalue weighted by Crippen LogP contribution is -2.18. The fourth-order valence-electron chi connectivity index (χ4n) is 2.51. The molecule has 0 unspecified atom stereocenters. The van der Waals surface area contributed by atoms with Crippen molar-refractivity contribution in [3.05, 3.63) is 12.1 Å². The van der Waals surface area contributed by atoms with Crippen molar-refractivity contribution in [2.24, 2.45) is 5.92 Å². The molecule has 0 radical (unpaired) electrons. The van der Waals surface area contributed by atoms with Gasteiger partial charge in [-0.1, -0.05) is 19.3 Å². The zero-order chi connectivity index (χ0) is 13.7. The quantitative estimate of drug-likeness (QED) is 0.854. The van der Waals surface area contributed by atoms with Crippen LogP contribution in [0.2, 0.25) is 0 Å². The Morgan fingerprint density at radius 2 is 2.05 bits per heavy atom. The minimum absolute atomic E-state index is 0.0865. The van der Waals surface area contributed by atoms with Crippen LogP contribution in [0, 0.1) is 5.92 Å². The second kappa shape index (κ2) is 6.64. The molecular weight excluding hydrogens is 238 g/mol. The highest BCUT2D eigenvalue weighted by Gasteiger charge is 2.13. The third kappa shape index (κ3) is 4.30. The number of hydrogen-bond donors (Lipinski definition) is 2. The van der Waals surface area contributed by atoms with Crippen molar-refractivity contribution in [1.29, 1.82) is 0 Å². The van der Waals surface area contributed by atoms with E-state index < -0.39 is 0 Å². The van der Waals surface area contributed by atoms with Crippen LogP contribution in [0.3, 0.4) is 0 Å². The highest BCUT2D eigenvalue weighted by atomic mass is 16.5. The SMILES string of the molecule is CC(C)Oc1nc(NCC2CCCCC2)ccc1N. The summed E-state index contributed by atoms with van der Waals surface area (Å²) in [6.45, 7) is 4.95. The predicted molar refractivity (Wildman–Crippen MR) is 79.5 cm³/mol. The van der Waals surface area contributed by atoms with Gasteiger partial charge in [-0.2, -0.15) is 4.98 Å². The molecule has 0 spiro atoms. The van der Waals surface area contributed by atoms with Crippen LogP contribution in [-0.2, 0) is 0 Å². The van der Waals surface area contributed by atoms with Crippen LogP contribution >= 0.6 is 0 Å². The Morgan fingerprint density at radius 1 is 1.32 bits per heavy atom. The van der Waals surface area contributed by atoms with E-state index in [1.807, 2.05) is 26.0 Å². The van der Waals surface area contributed by atoms with E-state index in [0.717, 1.165) is 18.3 Å². The van der Waals surface area contributed by atoms with Gasteiger partial charge in [-0.05, 0) is 44.7 Å². The summed E-state index contributed by atoms with van der Waals surface area (Å²) in [5.74, 6) is 2.17. The molecule has 0 saturated heterocycles. The van der Waals surface area contributed by atoms with Crippen molar-refractivity contribution in [2.45, 2.75) is 52.1 Å². The second-order valence-corrected chi connectivity index (χ2v) is 5.64. The van der Waals surface area contributed by atoms with Gasteiger partial charge in [0.1, 0.15) is 5.82 Å². The first-order chi connectivity index (χ1) is 9.15. The van der Waals surface area contributed by atoms with E-state index in [-0.39, 0.29) is 6.10 Å². The normalized spacial score (nSPS) is 16.6. The predicted octanol–water partition coefficient (Wildman–Crippen LogP) is 3.44. The number of hydrogen-bond acceptors (Lipinski definition) is 4. The summed E-state index contributed by atoms with van der Waals surface area (Å²) in [5.41, 5.74) is 6.46. The molecule has 0 aliphatic heterocycles. The van der Waals surface area contributed by atoms with Crippen LogP contribution in [0.25, 0.3) is 0 Å². The Bertz CT molecular complexity index is 400. The highest BCUT2D eigenvalue weighted by Crippen LogP contribution is 2.25. The molecular formula is C15H25N3O.